The Labute approximate surface area is 129 Å². The zero-order chi connectivity index (χ0) is 16.8. The first kappa shape index (κ1) is 18.2. The van der Waals surface area contributed by atoms with Crippen molar-refractivity contribution in [1.82, 2.24) is 0 Å². The van der Waals surface area contributed by atoms with Gasteiger partial charge in [0.1, 0.15) is 9.84 Å². The van der Waals surface area contributed by atoms with Gasteiger partial charge in [0.05, 0.1) is 11.7 Å². The second-order valence-corrected chi connectivity index (χ2v) is 7.60. The lowest BCUT2D eigenvalue weighted by Gasteiger charge is -2.23. The normalized spacial score (nSPS) is 14.2. The quantitative estimate of drug-likeness (QED) is 0.710. The molecule has 22 heavy (non-hydrogen) atoms. The summed E-state index contributed by atoms with van der Waals surface area (Å²) >= 11 is 0. The Bertz CT molecular complexity index is 608. The van der Waals surface area contributed by atoms with Crippen molar-refractivity contribution >= 4 is 21.8 Å². The van der Waals surface area contributed by atoms with E-state index in [1.165, 1.54) is 0 Å². The van der Waals surface area contributed by atoms with Crippen molar-refractivity contribution in [2.45, 2.75) is 19.3 Å². The predicted octanol–water partition coefficient (Wildman–Crippen LogP) is 1.46. The van der Waals surface area contributed by atoms with Crippen LogP contribution in [0, 0.1) is 11.8 Å². The van der Waals surface area contributed by atoms with Gasteiger partial charge in [-0.1, -0.05) is 30.3 Å². The molecule has 0 saturated heterocycles. The molecule has 0 bridgehead atoms. The number of carboxylic acid groups (broad SMARTS) is 2. The number of benzene rings is 1. The predicted molar refractivity (Wildman–Crippen MR) is 81.3 cm³/mol. The molecule has 1 aromatic rings. The standard InChI is InChI=1S/C15H20O6S/c1-22(20,21)10-12(9-11-5-3-2-4-6-11)13(15(18)19)7-8-14(16)17/h2-6,12-13H,7-10H2,1H3,(H,16,17)(H,18,19). The third kappa shape index (κ3) is 6.71. The van der Waals surface area contributed by atoms with Crippen LogP contribution >= 0.6 is 0 Å². The van der Waals surface area contributed by atoms with Crippen molar-refractivity contribution in [3.8, 4) is 0 Å². The Morgan fingerprint density at radius 3 is 2.18 bits per heavy atom. The molecule has 0 fully saturated rings. The molecule has 0 radical (unpaired) electrons. The van der Waals surface area contributed by atoms with Gasteiger partial charge in [-0.2, -0.15) is 0 Å². The molecule has 2 N–H and O–H groups in total. The van der Waals surface area contributed by atoms with Crippen molar-refractivity contribution in [2.24, 2.45) is 11.8 Å². The van der Waals surface area contributed by atoms with Crippen molar-refractivity contribution < 1.29 is 28.2 Å². The topological polar surface area (TPSA) is 109 Å². The smallest absolute Gasteiger partial charge is 0.306 e. The first-order valence-electron chi connectivity index (χ1n) is 6.85. The molecule has 2 unspecified atom stereocenters. The largest absolute Gasteiger partial charge is 0.481 e. The van der Waals surface area contributed by atoms with E-state index in [0.29, 0.717) is 0 Å². The minimum atomic E-state index is -3.37. The van der Waals surface area contributed by atoms with Crippen LogP contribution in [0.5, 0.6) is 0 Å². The fourth-order valence-electron chi connectivity index (χ4n) is 2.46. The summed E-state index contributed by atoms with van der Waals surface area (Å²) < 4.78 is 23.2. The lowest BCUT2D eigenvalue weighted by Crippen LogP contribution is -2.31. The molecule has 0 spiro atoms. The molecule has 0 aliphatic carbocycles. The lowest BCUT2D eigenvalue weighted by molar-refractivity contribution is -0.144. The van der Waals surface area contributed by atoms with E-state index in [1.807, 2.05) is 6.07 Å². The average molecular weight is 328 g/mol. The van der Waals surface area contributed by atoms with Gasteiger partial charge in [-0.25, -0.2) is 8.42 Å². The summed E-state index contributed by atoms with van der Waals surface area (Å²) in [6.45, 7) is 0. The molecule has 0 aliphatic heterocycles. The Balaban J connectivity index is 2.99. The van der Waals surface area contributed by atoms with E-state index in [4.69, 9.17) is 5.11 Å². The van der Waals surface area contributed by atoms with Gasteiger partial charge in [0.25, 0.3) is 0 Å². The maximum Gasteiger partial charge on any atom is 0.306 e. The van der Waals surface area contributed by atoms with E-state index >= 15 is 0 Å². The molecule has 2 atom stereocenters. The third-order valence-corrected chi connectivity index (χ3v) is 4.45. The molecule has 1 aromatic carbocycles. The van der Waals surface area contributed by atoms with Gasteiger partial charge in [-0.15, -0.1) is 0 Å². The van der Waals surface area contributed by atoms with Gasteiger partial charge >= 0.3 is 11.9 Å². The first-order chi connectivity index (χ1) is 10.2. The van der Waals surface area contributed by atoms with E-state index in [1.54, 1.807) is 24.3 Å². The summed E-state index contributed by atoms with van der Waals surface area (Å²) in [5.74, 6) is -4.20. The summed E-state index contributed by atoms with van der Waals surface area (Å²) in [4.78, 5) is 22.1. The molecular weight excluding hydrogens is 308 g/mol. The summed E-state index contributed by atoms with van der Waals surface area (Å²) in [5.41, 5.74) is 0.831. The van der Waals surface area contributed by atoms with E-state index in [2.05, 4.69) is 0 Å². The van der Waals surface area contributed by atoms with Gasteiger partial charge in [-0.05, 0) is 24.3 Å². The Morgan fingerprint density at radius 1 is 1.14 bits per heavy atom. The van der Waals surface area contributed by atoms with Gasteiger partial charge in [-0.3, -0.25) is 9.59 Å². The Hall–Kier alpha value is -1.89. The maximum absolute atomic E-state index is 11.6. The highest BCUT2D eigenvalue weighted by Gasteiger charge is 2.31. The van der Waals surface area contributed by atoms with E-state index in [9.17, 15) is 23.1 Å². The van der Waals surface area contributed by atoms with Crippen molar-refractivity contribution in [3.05, 3.63) is 35.9 Å². The van der Waals surface area contributed by atoms with Crippen LogP contribution in [0.25, 0.3) is 0 Å². The fraction of sp³-hybridized carbons (Fsp3) is 0.467. The maximum atomic E-state index is 11.6. The second kappa shape index (κ2) is 7.93. The molecule has 0 aromatic heterocycles. The van der Waals surface area contributed by atoms with Crippen LogP contribution in [0.1, 0.15) is 18.4 Å². The van der Waals surface area contributed by atoms with Crippen LogP contribution in [0.4, 0.5) is 0 Å². The number of rotatable bonds is 9. The summed E-state index contributed by atoms with van der Waals surface area (Å²) in [6.07, 6.45) is 0.954. The fourth-order valence-corrected chi connectivity index (χ4v) is 3.59. The van der Waals surface area contributed by atoms with E-state index in [-0.39, 0.29) is 25.0 Å². The molecule has 0 heterocycles. The molecule has 0 saturated carbocycles. The highest BCUT2D eigenvalue weighted by atomic mass is 32.2. The minimum Gasteiger partial charge on any atom is -0.481 e. The zero-order valence-electron chi connectivity index (χ0n) is 12.3. The van der Waals surface area contributed by atoms with Crippen LogP contribution in [0.3, 0.4) is 0 Å². The highest BCUT2D eigenvalue weighted by Crippen LogP contribution is 2.24. The number of aliphatic carboxylic acids is 2. The van der Waals surface area contributed by atoms with E-state index in [0.717, 1.165) is 11.8 Å². The molecule has 6 nitrogen and oxygen atoms in total. The number of carbonyl (C=O) groups is 2. The van der Waals surface area contributed by atoms with Crippen molar-refractivity contribution in [1.29, 1.82) is 0 Å². The summed E-state index contributed by atoms with van der Waals surface area (Å²) in [7, 11) is -3.37. The van der Waals surface area contributed by atoms with Crippen molar-refractivity contribution in [3.63, 3.8) is 0 Å². The van der Waals surface area contributed by atoms with Crippen LogP contribution in [-0.4, -0.2) is 42.6 Å². The molecule has 0 amide bonds. The van der Waals surface area contributed by atoms with Crippen LogP contribution in [-0.2, 0) is 25.8 Å². The third-order valence-electron chi connectivity index (χ3n) is 3.41. The number of sulfone groups is 1. The van der Waals surface area contributed by atoms with Gasteiger partial charge in [0.2, 0.25) is 0 Å². The highest BCUT2D eigenvalue weighted by molar-refractivity contribution is 7.90. The summed E-state index contributed by atoms with van der Waals surface area (Å²) in [5, 5.41) is 18.1. The van der Waals surface area contributed by atoms with Crippen LogP contribution in [0.15, 0.2) is 30.3 Å². The van der Waals surface area contributed by atoms with E-state index < -0.39 is 33.6 Å². The molecule has 122 valence electrons. The SMILES string of the molecule is CS(=O)(=O)CC(Cc1ccccc1)C(CCC(=O)O)C(=O)O. The summed E-state index contributed by atoms with van der Waals surface area (Å²) in [6, 6.07) is 8.99. The van der Waals surface area contributed by atoms with Crippen LogP contribution < -0.4 is 0 Å². The van der Waals surface area contributed by atoms with Gasteiger partial charge in [0.15, 0.2) is 0 Å². The Morgan fingerprint density at radius 2 is 1.73 bits per heavy atom. The molecule has 1 rings (SSSR count). The number of carboxylic acids is 2. The van der Waals surface area contributed by atoms with Gasteiger partial charge < -0.3 is 10.2 Å². The van der Waals surface area contributed by atoms with Crippen molar-refractivity contribution in [2.75, 3.05) is 12.0 Å². The molecule has 7 heteroatoms. The molecule has 0 aliphatic rings. The Kier molecular flexibility index (Phi) is 6.55. The zero-order valence-corrected chi connectivity index (χ0v) is 13.1. The van der Waals surface area contributed by atoms with Gasteiger partial charge in [0, 0.05) is 12.7 Å². The number of hydrogen-bond donors (Lipinski definition) is 2. The average Bonchev–Trinajstić information content (AvgIpc) is 2.37. The number of hydrogen-bond acceptors (Lipinski definition) is 4. The second-order valence-electron chi connectivity index (χ2n) is 5.42. The lowest BCUT2D eigenvalue weighted by atomic mass is 9.85. The minimum absolute atomic E-state index is 0.0856. The van der Waals surface area contributed by atoms with Crippen LogP contribution in [0.2, 0.25) is 0 Å². The molecular formula is C15H20O6S. The monoisotopic (exact) mass is 328 g/mol. The first-order valence-corrected chi connectivity index (χ1v) is 8.91.